The van der Waals surface area contributed by atoms with Crippen LogP contribution in [0.25, 0.3) is 0 Å². The molecule has 3 aromatic rings. The summed E-state index contributed by atoms with van der Waals surface area (Å²) in [5.74, 6) is 2.29. The number of anilines is 3. The Kier molecular flexibility index (Phi) is 7.03. The molecule has 2 aliphatic rings. The van der Waals surface area contributed by atoms with Gasteiger partial charge in [0.15, 0.2) is 5.82 Å². The number of amides is 1. The highest BCUT2D eigenvalue weighted by Crippen LogP contribution is 2.39. The number of H-pyrrole nitrogens is 1. The van der Waals surface area contributed by atoms with E-state index in [1.165, 1.54) is 18.9 Å². The van der Waals surface area contributed by atoms with E-state index in [9.17, 15) is 18.0 Å². The summed E-state index contributed by atoms with van der Waals surface area (Å²) in [5.41, 5.74) is 0.863. The zero-order chi connectivity index (χ0) is 26.0. The van der Waals surface area contributed by atoms with Gasteiger partial charge in [-0.3, -0.25) is 9.89 Å². The van der Waals surface area contributed by atoms with E-state index in [1.807, 2.05) is 18.0 Å². The van der Waals surface area contributed by atoms with Crippen molar-refractivity contribution in [1.29, 1.82) is 0 Å². The number of rotatable bonds is 8. The summed E-state index contributed by atoms with van der Waals surface area (Å²) < 4.78 is 38.8. The number of alkyl halides is 3. The maximum absolute atomic E-state index is 12.9. The van der Waals surface area contributed by atoms with E-state index in [4.69, 9.17) is 0 Å². The highest BCUT2D eigenvalue weighted by molar-refractivity contribution is 5.78. The number of carbonyl (C=O) groups is 1. The van der Waals surface area contributed by atoms with Crippen LogP contribution in [0.5, 0.6) is 0 Å². The zero-order valence-corrected chi connectivity index (χ0v) is 20.6. The molecule has 0 unspecified atom stereocenters. The predicted molar refractivity (Wildman–Crippen MR) is 133 cm³/mol. The molecule has 0 radical (unpaired) electrons. The maximum atomic E-state index is 12.9. The molecular formula is C26H30F3N7O. The van der Waals surface area contributed by atoms with Crippen molar-refractivity contribution in [2.75, 3.05) is 17.3 Å². The summed E-state index contributed by atoms with van der Waals surface area (Å²) in [6.07, 6.45) is 2.68. The SMILES string of the molecule is CN(c1nccc(Nc2cc(C3CC3)[nH]n2)n1)C1CCC(C(=O)NCc2cccc(C(F)(F)F)c2)CC1. The first-order chi connectivity index (χ1) is 17.8. The molecule has 5 rings (SSSR count). The van der Waals surface area contributed by atoms with Crippen LogP contribution in [-0.2, 0) is 17.5 Å². The lowest BCUT2D eigenvalue weighted by molar-refractivity contribution is -0.137. The Morgan fingerprint density at radius 3 is 2.59 bits per heavy atom. The molecule has 1 aromatic carbocycles. The molecule has 11 heteroatoms. The lowest BCUT2D eigenvalue weighted by Crippen LogP contribution is -2.40. The van der Waals surface area contributed by atoms with E-state index in [0.717, 1.165) is 36.5 Å². The average molecular weight is 514 g/mol. The first-order valence-electron chi connectivity index (χ1n) is 12.6. The second-order valence-electron chi connectivity index (χ2n) is 9.88. The molecule has 0 saturated heterocycles. The van der Waals surface area contributed by atoms with Crippen LogP contribution < -0.4 is 15.5 Å². The molecule has 37 heavy (non-hydrogen) atoms. The fourth-order valence-electron chi connectivity index (χ4n) is 4.80. The fraction of sp³-hybridized carbons (Fsp3) is 0.462. The Morgan fingerprint density at radius 1 is 1.08 bits per heavy atom. The van der Waals surface area contributed by atoms with Gasteiger partial charge in [-0.1, -0.05) is 12.1 Å². The Balaban J connectivity index is 1.11. The molecular weight excluding hydrogens is 483 g/mol. The molecule has 1 amide bonds. The maximum Gasteiger partial charge on any atom is 0.416 e. The van der Waals surface area contributed by atoms with Crippen molar-refractivity contribution in [3.63, 3.8) is 0 Å². The van der Waals surface area contributed by atoms with Gasteiger partial charge in [0.25, 0.3) is 0 Å². The first kappa shape index (κ1) is 25.0. The van der Waals surface area contributed by atoms with E-state index in [-0.39, 0.29) is 24.4 Å². The summed E-state index contributed by atoms with van der Waals surface area (Å²) in [7, 11) is 1.96. The molecule has 0 spiro atoms. The molecule has 2 heterocycles. The Hall–Kier alpha value is -3.63. The number of nitrogens with one attached hydrogen (secondary N) is 3. The monoisotopic (exact) mass is 513 g/mol. The van der Waals surface area contributed by atoms with Crippen LogP contribution in [0.1, 0.15) is 61.3 Å². The molecule has 3 N–H and O–H groups in total. The van der Waals surface area contributed by atoms with Gasteiger partial charge in [-0.05, 0) is 62.3 Å². The highest BCUT2D eigenvalue weighted by atomic mass is 19.4. The molecule has 196 valence electrons. The van der Waals surface area contributed by atoms with Crippen molar-refractivity contribution >= 4 is 23.5 Å². The van der Waals surface area contributed by atoms with Crippen LogP contribution in [0.2, 0.25) is 0 Å². The standard InChI is InChI=1S/C26H30F3N7O/c1-36(25-30-12-11-22(33-25)32-23-14-21(34-35-23)17-5-6-17)20-9-7-18(8-10-20)24(37)31-15-16-3-2-4-19(13-16)26(27,28)29/h2-4,11-14,17-18,20H,5-10,15H2,1H3,(H,31,37)(H2,30,32,33,34,35). The summed E-state index contributed by atoms with van der Waals surface area (Å²) in [4.78, 5) is 23.8. The Morgan fingerprint density at radius 2 is 1.86 bits per heavy atom. The van der Waals surface area contributed by atoms with E-state index in [0.29, 0.717) is 36.1 Å². The van der Waals surface area contributed by atoms with Crippen molar-refractivity contribution in [3.05, 3.63) is 59.4 Å². The molecule has 2 aliphatic carbocycles. The summed E-state index contributed by atoms with van der Waals surface area (Å²) in [6.45, 7) is 0.0777. The van der Waals surface area contributed by atoms with Gasteiger partial charge in [0.05, 0.1) is 5.56 Å². The molecule has 0 atom stereocenters. The topological polar surface area (TPSA) is 98.8 Å². The number of hydrogen-bond acceptors (Lipinski definition) is 6. The third-order valence-electron chi connectivity index (χ3n) is 7.17. The second kappa shape index (κ2) is 10.4. The smallest absolute Gasteiger partial charge is 0.352 e. The quantitative estimate of drug-likeness (QED) is 0.385. The van der Waals surface area contributed by atoms with Gasteiger partial charge in [0.2, 0.25) is 11.9 Å². The van der Waals surface area contributed by atoms with E-state index < -0.39 is 11.7 Å². The van der Waals surface area contributed by atoms with Crippen LogP contribution in [0.15, 0.2) is 42.6 Å². The van der Waals surface area contributed by atoms with Gasteiger partial charge in [0, 0.05) is 49.4 Å². The number of hydrogen-bond donors (Lipinski definition) is 3. The minimum Gasteiger partial charge on any atom is -0.352 e. The van der Waals surface area contributed by atoms with E-state index in [1.54, 1.807) is 18.3 Å². The third-order valence-corrected chi connectivity index (χ3v) is 7.17. The van der Waals surface area contributed by atoms with Crippen LogP contribution >= 0.6 is 0 Å². The van der Waals surface area contributed by atoms with Gasteiger partial charge < -0.3 is 15.5 Å². The van der Waals surface area contributed by atoms with E-state index in [2.05, 4.69) is 30.8 Å². The molecule has 2 fully saturated rings. The van der Waals surface area contributed by atoms with Crippen LogP contribution in [0.4, 0.5) is 30.8 Å². The number of benzene rings is 1. The zero-order valence-electron chi connectivity index (χ0n) is 20.6. The van der Waals surface area contributed by atoms with Gasteiger partial charge in [-0.2, -0.15) is 23.3 Å². The fourth-order valence-corrected chi connectivity index (χ4v) is 4.80. The first-order valence-corrected chi connectivity index (χ1v) is 12.6. The van der Waals surface area contributed by atoms with Crippen molar-refractivity contribution in [2.45, 2.75) is 63.2 Å². The van der Waals surface area contributed by atoms with E-state index >= 15 is 0 Å². The molecule has 2 saturated carbocycles. The minimum absolute atomic E-state index is 0.0777. The lowest BCUT2D eigenvalue weighted by Gasteiger charge is -2.34. The number of carbonyl (C=O) groups excluding carboxylic acids is 1. The van der Waals surface area contributed by atoms with Gasteiger partial charge in [-0.25, -0.2) is 4.98 Å². The molecule has 8 nitrogen and oxygen atoms in total. The van der Waals surface area contributed by atoms with Gasteiger partial charge >= 0.3 is 6.18 Å². The number of aromatic nitrogens is 4. The predicted octanol–water partition coefficient (Wildman–Crippen LogP) is 5.15. The number of nitrogens with zero attached hydrogens (tertiary/aromatic N) is 4. The van der Waals surface area contributed by atoms with Crippen molar-refractivity contribution in [1.82, 2.24) is 25.5 Å². The summed E-state index contributed by atoms with van der Waals surface area (Å²) >= 11 is 0. The van der Waals surface area contributed by atoms with Gasteiger partial charge in [0.1, 0.15) is 5.82 Å². The third kappa shape index (κ3) is 6.20. The molecule has 0 bridgehead atoms. The number of aromatic amines is 1. The summed E-state index contributed by atoms with van der Waals surface area (Å²) in [5, 5.41) is 13.4. The largest absolute Gasteiger partial charge is 0.416 e. The van der Waals surface area contributed by atoms with Crippen LogP contribution in [-0.4, -0.2) is 39.2 Å². The molecule has 0 aliphatic heterocycles. The highest BCUT2D eigenvalue weighted by Gasteiger charge is 2.31. The minimum atomic E-state index is -4.40. The van der Waals surface area contributed by atoms with Crippen molar-refractivity contribution in [2.24, 2.45) is 5.92 Å². The Bertz CT molecular complexity index is 1230. The van der Waals surface area contributed by atoms with Crippen molar-refractivity contribution in [3.8, 4) is 0 Å². The van der Waals surface area contributed by atoms with Gasteiger partial charge in [-0.15, -0.1) is 0 Å². The summed E-state index contributed by atoms with van der Waals surface area (Å²) in [6, 6.07) is 9.06. The normalized spacial score (nSPS) is 19.9. The molecule has 2 aromatic heterocycles. The average Bonchev–Trinajstić information content (AvgIpc) is 3.65. The lowest BCUT2D eigenvalue weighted by atomic mass is 9.85. The van der Waals surface area contributed by atoms with Crippen LogP contribution in [0, 0.1) is 5.92 Å². The second-order valence-corrected chi connectivity index (χ2v) is 9.88. The Labute approximate surface area is 213 Å². The van der Waals surface area contributed by atoms with Crippen molar-refractivity contribution < 1.29 is 18.0 Å². The number of halogens is 3. The van der Waals surface area contributed by atoms with Crippen LogP contribution in [0.3, 0.4) is 0 Å².